The highest BCUT2D eigenvalue weighted by molar-refractivity contribution is 6.31. The molecule has 0 aliphatic heterocycles. The highest BCUT2D eigenvalue weighted by Gasteiger charge is 2.16. The van der Waals surface area contributed by atoms with Gasteiger partial charge in [0.05, 0.1) is 11.1 Å². The number of hydrazine groups is 1. The summed E-state index contributed by atoms with van der Waals surface area (Å²) in [4.78, 5) is 0. The maximum atomic E-state index is 13.9. The van der Waals surface area contributed by atoms with Gasteiger partial charge in [-0.2, -0.15) is 0 Å². The van der Waals surface area contributed by atoms with Crippen molar-refractivity contribution in [3.63, 3.8) is 0 Å². The minimum Gasteiger partial charge on any atom is -0.271 e. The molecule has 100 valence electrons. The van der Waals surface area contributed by atoms with Gasteiger partial charge in [0.25, 0.3) is 0 Å². The van der Waals surface area contributed by atoms with Gasteiger partial charge >= 0.3 is 0 Å². The number of nitrogens with two attached hydrogens (primary N) is 1. The molecule has 2 aromatic carbocycles. The van der Waals surface area contributed by atoms with Crippen LogP contribution in [0.15, 0.2) is 42.5 Å². The largest absolute Gasteiger partial charge is 0.271 e. The second-order valence-corrected chi connectivity index (χ2v) is 4.97. The van der Waals surface area contributed by atoms with E-state index in [-0.39, 0.29) is 11.1 Å². The summed E-state index contributed by atoms with van der Waals surface area (Å²) in [5.74, 6) is 5.13. The molecule has 0 aliphatic carbocycles. The number of rotatable bonds is 4. The van der Waals surface area contributed by atoms with E-state index < -0.39 is 5.82 Å². The Kier molecular flexibility index (Phi) is 4.77. The first-order chi connectivity index (χ1) is 9.13. The van der Waals surface area contributed by atoms with Gasteiger partial charge in [-0.3, -0.25) is 11.3 Å². The summed E-state index contributed by atoms with van der Waals surface area (Å²) in [6, 6.07) is 12.0. The molecule has 0 amide bonds. The third kappa shape index (κ3) is 3.25. The van der Waals surface area contributed by atoms with Crippen LogP contribution in [-0.2, 0) is 6.42 Å². The fourth-order valence-corrected chi connectivity index (χ4v) is 2.40. The lowest BCUT2D eigenvalue weighted by Gasteiger charge is -2.18. The van der Waals surface area contributed by atoms with Gasteiger partial charge in [-0.1, -0.05) is 53.5 Å². The van der Waals surface area contributed by atoms with Crippen LogP contribution in [-0.4, -0.2) is 0 Å². The van der Waals surface area contributed by atoms with Crippen LogP contribution < -0.4 is 11.3 Å². The summed E-state index contributed by atoms with van der Waals surface area (Å²) in [6.45, 7) is 0. The van der Waals surface area contributed by atoms with E-state index in [1.165, 1.54) is 6.07 Å². The Hall–Kier alpha value is -1.13. The summed E-state index contributed by atoms with van der Waals surface area (Å²) in [7, 11) is 0. The zero-order valence-electron chi connectivity index (χ0n) is 10.0. The van der Waals surface area contributed by atoms with E-state index in [2.05, 4.69) is 5.43 Å². The summed E-state index contributed by atoms with van der Waals surface area (Å²) in [5, 5.41) is 0.695. The molecule has 2 rings (SSSR count). The van der Waals surface area contributed by atoms with E-state index in [9.17, 15) is 4.39 Å². The Morgan fingerprint density at radius 3 is 2.42 bits per heavy atom. The van der Waals surface area contributed by atoms with Crippen molar-refractivity contribution in [2.75, 3.05) is 0 Å². The minimum atomic E-state index is -0.420. The summed E-state index contributed by atoms with van der Waals surface area (Å²) >= 11 is 11.9. The first-order valence-electron chi connectivity index (χ1n) is 5.77. The van der Waals surface area contributed by atoms with E-state index in [4.69, 9.17) is 29.0 Å². The molecule has 0 saturated carbocycles. The fraction of sp³-hybridized carbons (Fsp3) is 0.143. The molecular formula is C14H13Cl2FN2. The Morgan fingerprint density at radius 2 is 1.74 bits per heavy atom. The molecule has 1 atom stereocenters. The highest BCUT2D eigenvalue weighted by atomic mass is 35.5. The van der Waals surface area contributed by atoms with Crippen molar-refractivity contribution >= 4 is 23.2 Å². The zero-order valence-corrected chi connectivity index (χ0v) is 11.5. The fourth-order valence-electron chi connectivity index (χ4n) is 1.94. The average Bonchev–Trinajstić information content (AvgIpc) is 2.41. The Morgan fingerprint density at radius 1 is 1.05 bits per heavy atom. The first kappa shape index (κ1) is 14.3. The molecule has 0 spiro atoms. The minimum absolute atomic E-state index is 0.104. The highest BCUT2D eigenvalue weighted by Crippen LogP contribution is 2.27. The molecular weight excluding hydrogens is 286 g/mol. The molecule has 0 bridgehead atoms. The van der Waals surface area contributed by atoms with Gasteiger partial charge < -0.3 is 0 Å². The van der Waals surface area contributed by atoms with Gasteiger partial charge in [0, 0.05) is 5.02 Å². The van der Waals surface area contributed by atoms with Crippen LogP contribution in [0.5, 0.6) is 0 Å². The summed E-state index contributed by atoms with van der Waals surface area (Å²) in [5.41, 5.74) is 3.98. The predicted octanol–water partition coefficient (Wildman–Crippen LogP) is 3.88. The van der Waals surface area contributed by atoms with Gasteiger partial charge in [-0.15, -0.1) is 0 Å². The van der Waals surface area contributed by atoms with Crippen molar-refractivity contribution in [1.29, 1.82) is 0 Å². The second kappa shape index (κ2) is 6.35. The molecule has 2 nitrogen and oxygen atoms in total. The molecule has 3 N–H and O–H groups in total. The van der Waals surface area contributed by atoms with Gasteiger partial charge in [0.15, 0.2) is 0 Å². The van der Waals surface area contributed by atoms with Gasteiger partial charge in [0.2, 0.25) is 0 Å². The molecule has 0 saturated heterocycles. The zero-order chi connectivity index (χ0) is 13.8. The molecule has 0 aliphatic rings. The third-order valence-electron chi connectivity index (χ3n) is 2.94. The number of hydrogen-bond donors (Lipinski definition) is 2. The predicted molar refractivity (Wildman–Crippen MR) is 76.6 cm³/mol. The Balaban J connectivity index is 2.30. The summed E-state index contributed by atoms with van der Waals surface area (Å²) in [6.07, 6.45) is 0.368. The van der Waals surface area contributed by atoms with E-state index in [1.807, 2.05) is 18.2 Å². The lowest BCUT2D eigenvalue weighted by atomic mass is 9.99. The molecule has 0 aromatic heterocycles. The van der Waals surface area contributed by atoms with Crippen molar-refractivity contribution in [3.8, 4) is 0 Å². The third-order valence-corrected chi connectivity index (χ3v) is 3.57. The Labute approximate surface area is 121 Å². The topological polar surface area (TPSA) is 38.0 Å². The second-order valence-electron chi connectivity index (χ2n) is 4.16. The van der Waals surface area contributed by atoms with Crippen molar-refractivity contribution < 1.29 is 4.39 Å². The first-order valence-corrected chi connectivity index (χ1v) is 6.52. The van der Waals surface area contributed by atoms with E-state index >= 15 is 0 Å². The lowest BCUT2D eigenvalue weighted by molar-refractivity contribution is 0.529. The molecule has 5 heteroatoms. The van der Waals surface area contributed by atoms with Crippen molar-refractivity contribution in [2.24, 2.45) is 5.84 Å². The van der Waals surface area contributed by atoms with Crippen molar-refractivity contribution in [1.82, 2.24) is 5.43 Å². The normalized spacial score (nSPS) is 12.4. The maximum Gasteiger partial charge on any atom is 0.145 e. The van der Waals surface area contributed by atoms with Crippen LogP contribution in [0, 0.1) is 5.82 Å². The smallest absolute Gasteiger partial charge is 0.145 e. The quantitative estimate of drug-likeness (QED) is 0.664. The van der Waals surface area contributed by atoms with Crippen LogP contribution in [0.25, 0.3) is 0 Å². The molecule has 0 radical (unpaired) electrons. The number of benzene rings is 2. The van der Waals surface area contributed by atoms with Crippen LogP contribution >= 0.6 is 23.2 Å². The Bertz CT molecular complexity index is 575. The summed E-state index contributed by atoms with van der Waals surface area (Å²) < 4.78 is 13.9. The standard InChI is InChI=1S/C14H13Cl2FN2/c15-11-6-2-1-5-10(11)13(19-18)8-9-4-3-7-12(16)14(9)17/h1-7,13,19H,8,18H2. The van der Waals surface area contributed by atoms with Crippen LogP contribution in [0.3, 0.4) is 0 Å². The maximum absolute atomic E-state index is 13.9. The van der Waals surface area contributed by atoms with Gasteiger partial charge in [-0.25, -0.2) is 4.39 Å². The molecule has 19 heavy (non-hydrogen) atoms. The van der Waals surface area contributed by atoms with Crippen molar-refractivity contribution in [2.45, 2.75) is 12.5 Å². The van der Waals surface area contributed by atoms with Gasteiger partial charge in [0.1, 0.15) is 5.82 Å². The van der Waals surface area contributed by atoms with Crippen LogP contribution in [0.2, 0.25) is 10.0 Å². The number of halogens is 3. The molecule has 1 unspecified atom stereocenters. The number of hydrogen-bond acceptors (Lipinski definition) is 2. The van der Waals surface area contributed by atoms with E-state index in [1.54, 1.807) is 18.2 Å². The van der Waals surface area contributed by atoms with Crippen molar-refractivity contribution in [3.05, 3.63) is 69.5 Å². The molecule has 0 heterocycles. The average molecular weight is 299 g/mol. The SMILES string of the molecule is NNC(Cc1cccc(Cl)c1F)c1ccccc1Cl. The van der Waals surface area contributed by atoms with E-state index in [0.29, 0.717) is 17.0 Å². The molecule has 0 fully saturated rings. The van der Waals surface area contributed by atoms with Crippen LogP contribution in [0.1, 0.15) is 17.2 Å². The van der Waals surface area contributed by atoms with Gasteiger partial charge in [-0.05, 0) is 29.7 Å². The monoisotopic (exact) mass is 298 g/mol. The van der Waals surface area contributed by atoms with E-state index in [0.717, 1.165) is 5.56 Å². The number of nitrogens with one attached hydrogen (secondary N) is 1. The molecule has 2 aromatic rings. The van der Waals surface area contributed by atoms with Crippen LogP contribution in [0.4, 0.5) is 4.39 Å². The lowest BCUT2D eigenvalue weighted by Crippen LogP contribution is -2.30.